The molecule has 0 aromatic heterocycles. The Bertz CT molecular complexity index is 2290. The average Bonchev–Trinajstić information content (AvgIpc) is 3.17. The van der Waals surface area contributed by atoms with Crippen molar-refractivity contribution in [3.8, 4) is 23.0 Å². The average molecular weight is 702 g/mol. The zero-order valence-corrected chi connectivity index (χ0v) is 30.3. The topological polar surface area (TPSA) is 18.5 Å². The van der Waals surface area contributed by atoms with Gasteiger partial charge in [-0.05, 0) is 0 Å². The van der Waals surface area contributed by atoms with Crippen LogP contribution < -0.4 is 9.47 Å². The zero-order valence-electron chi connectivity index (χ0n) is 26.8. The fourth-order valence-corrected chi connectivity index (χ4v) is 18.1. The van der Waals surface area contributed by atoms with Crippen molar-refractivity contribution >= 4 is 62.6 Å². The van der Waals surface area contributed by atoms with Crippen molar-refractivity contribution in [2.45, 2.75) is 0.772 Å². The maximum atomic E-state index is 6.81. The van der Waals surface area contributed by atoms with Crippen LogP contribution in [0.15, 0.2) is 182 Å². The Morgan fingerprint density at radius 2 is 0.571 bits per heavy atom. The molecule has 0 saturated carbocycles. The van der Waals surface area contributed by atoms with E-state index in [1.54, 1.807) is 0 Å². The van der Waals surface area contributed by atoms with Gasteiger partial charge >= 0.3 is 311 Å². The Kier molecular flexibility index (Phi) is 6.86. The molecular weight excluding hydrogens is 672 g/mol. The van der Waals surface area contributed by atoms with E-state index in [4.69, 9.17) is 9.47 Å². The first-order valence-electron chi connectivity index (χ1n) is 17.0. The molecule has 8 aromatic rings. The van der Waals surface area contributed by atoms with E-state index in [9.17, 15) is 0 Å². The molecule has 0 bridgehead atoms. The number of rotatable bonds is 4. The van der Waals surface area contributed by atoms with Crippen LogP contribution in [0.3, 0.4) is 0 Å². The van der Waals surface area contributed by atoms with Crippen LogP contribution in [0.25, 0.3) is 21.5 Å². The van der Waals surface area contributed by atoms with E-state index < -0.39 is 41.8 Å². The summed E-state index contributed by atoms with van der Waals surface area (Å²) < 4.78 is 12.8. The fourth-order valence-electron chi connectivity index (χ4n) is 8.90. The van der Waals surface area contributed by atoms with Crippen LogP contribution in [0.4, 0.5) is 0 Å². The van der Waals surface area contributed by atoms with Gasteiger partial charge in [-0.15, -0.1) is 0 Å². The molecule has 8 aromatic carbocycles. The standard InChI is InChI=1S/2C23H15O.Sr/c2*1-2-10-17-16(8-1)9-7-13-18(17)23-19-11-3-5-14-21(19)24-22-15-6-4-12-20(22)23;/h2*1-15H;. The summed E-state index contributed by atoms with van der Waals surface area (Å²) in [6.45, 7) is 0. The maximum absolute atomic E-state index is 6.81. The number of para-hydroxylation sites is 4. The molecular formula is C46H30O2Sr. The van der Waals surface area contributed by atoms with Crippen LogP contribution in [0.5, 0.6) is 23.0 Å². The Morgan fingerprint density at radius 1 is 0.286 bits per heavy atom. The van der Waals surface area contributed by atoms with Gasteiger partial charge in [0.05, 0.1) is 0 Å². The first kappa shape index (κ1) is 29.3. The van der Waals surface area contributed by atoms with E-state index in [1.807, 2.05) is 0 Å². The molecule has 0 unspecified atom stereocenters. The predicted molar refractivity (Wildman–Crippen MR) is 199 cm³/mol. The number of fused-ring (bicyclic) bond motifs is 6. The normalized spacial score (nSPS) is 14.7. The van der Waals surface area contributed by atoms with Gasteiger partial charge in [-0.25, -0.2) is 0 Å². The summed E-state index contributed by atoms with van der Waals surface area (Å²) in [6.07, 6.45) is 0. The number of benzene rings is 8. The Hall–Kier alpha value is -4.64. The van der Waals surface area contributed by atoms with Gasteiger partial charge in [0, 0.05) is 0 Å². The minimum absolute atomic E-state index is 0.428. The number of hydrogen-bond acceptors (Lipinski definition) is 2. The first-order valence-corrected chi connectivity index (χ1v) is 20.5. The summed E-state index contributed by atoms with van der Waals surface area (Å²) in [7, 11) is 0. The second-order valence-corrected chi connectivity index (χ2v) is 19.3. The van der Waals surface area contributed by atoms with Gasteiger partial charge in [0.25, 0.3) is 0 Å². The van der Waals surface area contributed by atoms with E-state index in [0.717, 1.165) is 23.0 Å². The third kappa shape index (κ3) is 4.30. The summed E-state index contributed by atoms with van der Waals surface area (Å²) in [5, 5.41) is 5.07. The summed E-state index contributed by atoms with van der Waals surface area (Å²) in [5.41, 5.74) is 7.71. The monoisotopic (exact) mass is 702 g/mol. The zero-order chi connectivity index (χ0) is 32.4. The Balaban J connectivity index is 1.43. The number of hydrogen-bond donors (Lipinski definition) is 0. The molecule has 228 valence electrons. The van der Waals surface area contributed by atoms with E-state index in [-0.39, 0.29) is 0 Å². The van der Waals surface area contributed by atoms with Crippen molar-refractivity contribution in [1.29, 1.82) is 0 Å². The van der Waals surface area contributed by atoms with Crippen LogP contribution in [0.1, 0.15) is 33.4 Å². The molecule has 3 heteroatoms. The van der Waals surface area contributed by atoms with Gasteiger partial charge < -0.3 is 0 Å². The van der Waals surface area contributed by atoms with Crippen molar-refractivity contribution in [3.63, 3.8) is 0 Å². The van der Waals surface area contributed by atoms with E-state index in [0.29, 0.717) is 0 Å². The van der Waals surface area contributed by atoms with Gasteiger partial charge in [0.15, 0.2) is 0 Å². The van der Waals surface area contributed by atoms with Gasteiger partial charge in [0.2, 0.25) is 0 Å². The molecule has 2 heterocycles. The third-order valence-electron chi connectivity index (χ3n) is 10.9. The Labute approximate surface area is 308 Å². The van der Waals surface area contributed by atoms with Crippen LogP contribution in [0, 0.1) is 0 Å². The van der Waals surface area contributed by atoms with Crippen LogP contribution in [0.2, 0.25) is 0 Å². The van der Waals surface area contributed by atoms with Crippen molar-refractivity contribution in [2.24, 2.45) is 0 Å². The fraction of sp³-hybridized carbons (Fsp3) is 0.0435. The van der Waals surface area contributed by atoms with E-state index >= 15 is 0 Å². The van der Waals surface area contributed by atoms with Crippen molar-refractivity contribution in [1.82, 2.24) is 0 Å². The van der Waals surface area contributed by atoms with Crippen LogP contribution in [-0.2, 0) is 0.772 Å². The number of ether oxygens (including phenoxy) is 2. The molecule has 0 amide bonds. The molecule has 0 radical (unpaired) electrons. The first-order chi connectivity index (χ1) is 24.3. The van der Waals surface area contributed by atoms with Gasteiger partial charge in [-0.2, -0.15) is 0 Å². The van der Waals surface area contributed by atoms with Crippen molar-refractivity contribution < 1.29 is 9.47 Å². The summed E-state index contributed by atoms with van der Waals surface area (Å²) in [6, 6.07) is 66.8. The molecule has 0 spiro atoms. The second kappa shape index (κ2) is 11.5. The van der Waals surface area contributed by atoms with Gasteiger partial charge in [-0.3, -0.25) is 0 Å². The molecule has 2 aliphatic rings. The Morgan fingerprint density at radius 3 is 0.959 bits per heavy atom. The molecule has 0 saturated heterocycles. The van der Waals surface area contributed by atoms with Crippen molar-refractivity contribution in [2.75, 3.05) is 0 Å². The molecule has 0 atom stereocenters. The molecule has 10 rings (SSSR count). The minimum atomic E-state index is -2.56. The molecule has 2 aliphatic heterocycles. The third-order valence-corrected chi connectivity index (χ3v) is 19.1. The molecule has 0 fully saturated rings. The van der Waals surface area contributed by atoms with Gasteiger partial charge in [-0.1, -0.05) is 0 Å². The summed E-state index contributed by atoms with van der Waals surface area (Å²) >= 11 is -2.56. The molecule has 2 nitrogen and oxygen atoms in total. The van der Waals surface area contributed by atoms with E-state index in [2.05, 4.69) is 182 Å². The summed E-state index contributed by atoms with van der Waals surface area (Å²) in [5.74, 6) is 3.75. The predicted octanol–water partition coefficient (Wildman–Crippen LogP) is 11.2. The molecule has 0 aliphatic carbocycles. The molecule has 49 heavy (non-hydrogen) atoms. The quantitative estimate of drug-likeness (QED) is 0.170. The summed E-state index contributed by atoms with van der Waals surface area (Å²) in [4.78, 5) is 0. The van der Waals surface area contributed by atoms with Gasteiger partial charge in [0.1, 0.15) is 0 Å². The van der Waals surface area contributed by atoms with E-state index in [1.165, 1.54) is 54.9 Å². The van der Waals surface area contributed by atoms with Crippen LogP contribution >= 0.6 is 0 Å². The van der Waals surface area contributed by atoms with Crippen LogP contribution in [-0.4, -0.2) is 41.0 Å². The molecule has 0 N–H and O–H groups in total. The van der Waals surface area contributed by atoms with Crippen molar-refractivity contribution in [3.05, 3.63) is 215 Å². The second-order valence-electron chi connectivity index (χ2n) is 13.2. The SMILES string of the molecule is c1ccc2c(c1)Oc1ccccc1[C]2([Sr][C]1(c2cccc3ccccc23)c2ccccc2Oc2ccccc21)c1cccc2ccccc12.